The summed E-state index contributed by atoms with van der Waals surface area (Å²) < 4.78 is 51.8. The number of carboxylic acid groups (broad SMARTS) is 2. The van der Waals surface area contributed by atoms with Gasteiger partial charge < -0.3 is 120 Å². The van der Waals surface area contributed by atoms with Crippen molar-refractivity contribution in [2.45, 2.75) is 269 Å². The highest BCUT2D eigenvalue weighted by Crippen LogP contribution is 2.39. The van der Waals surface area contributed by atoms with E-state index in [2.05, 4.69) is 32.0 Å². The topological polar surface area (TPSA) is 609 Å². The number of esters is 1. The summed E-state index contributed by atoms with van der Waals surface area (Å²) in [5, 5.41) is 105. The molecule has 3 fully saturated rings. The van der Waals surface area contributed by atoms with E-state index in [0.717, 1.165) is 37.6 Å². The number of hydrogen-bond donors (Lipinski definition) is 16. The number of benzene rings is 1. The van der Waals surface area contributed by atoms with Crippen molar-refractivity contribution in [3.05, 3.63) is 83.0 Å². The Morgan fingerprint density at radius 1 is 0.630 bits per heavy atom. The van der Waals surface area contributed by atoms with Gasteiger partial charge in [0, 0.05) is 125 Å². The summed E-state index contributed by atoms with van der Waals surface area (Å²) >= 11 is 0. The second kappa shape index (κ2) is 62.6. The van der Waals surface area contributed by atoms with Crippen LogP contribution in [0.5, 0.6) is 0 Å². The van der Waals surface area contributed by atoms with Crippen molar-refractivity contribution in [1.29, 1.82) is 0 Å². The number of Topliss-reactive ketones (excluding diaryl/α,β-unsaturated/α-hetero) is 3. The van der Waals surface area contributed by atoms with E-state index in [1.807, 2.05) is 63.5 Å². The molecule has 0 aromatic heterocycles. The number of fused-ring (bicyclic) bond motifs is 3. The fourth-order valence-corrected chi connectivity index (χ4v) is 19.7. The summed E-state index contributed by atoms with van der Waals surface area (Å²) in [4.78, 5) is 201. The van der Waals surface area contributed by atoms with Gasteiger partial charge in [-0.25, -0.2) is 29.4 Å². The summed E-state index contributed by atoms with van der Waals surface area (Å²) in [6.45, 7) is 12.9. The molecule has 1 aromatic rings. The molecule has 776 valence electrons. The first-order valence-corrected chi connectivity index (χ1v) is 51.4. The van der Waals surface area contributed by atoms with Gasteiger partial charge in [-0.05, 0) is 139 Å². The Hall–Kier alpha value is -8.65. The molecule has 138 heavy (non-hydrogen) atoms. The van der Waals surface area contributed by atoms with Crippen LogP contribution in [0.2, 0.25) is 0 Å². The van der Waals surface area contributed by atoms with Gasteiger partial charge in [0.05, 0.1) is 43.7 Å². The number of hydrazine groups is 1. The van der Waals surface area contributed by atoms with E-state index in [4.69, 9.17) is 47.7 Å². The number of nitrogens with zero attached hydrogens (tertiary/aromatic N) is 1. The molecule has 4 aliphatic rings. The average molecular weight is 2030 g/mol. The van der Waals surface area contributed by atoms with Crippen LogP contribution in [-0.2, 0) is 100 Å². The number of ketones is 3. The van der Waals surface area contributed by atoms with Crippen LogP contribution in [0.15, 0.2) is 71.9 Å². The molecule has 3 aliphatic heterocycles. The van der Waals surface area contributed by atoms with Crippen molar-refractivity contribution >= 4 is 132 Å². The lowest BCUT2D eigenvalue weighted by atomic mass is 9.78. The maximum absolute atomic E-state index is 14.8. The van der Waals surface area contributed by atoms with Gasteiger partial charge in [-0.2, -0.15) is 0 Å². The van der Waals surface area contributed by atoms with Crippen molar-refractivity contribution in [2.24, 2.45) is 41.4 Å². The van der Waals surface area contributed by atoms with E-state index in [0.29, 0.717) is 63.4 Å². The Bertz CT molecular complexity index is 4270. The maximum Gasteiger partial charge on any atom is 0.508 e. The molecule has 1 aliphatic carbocycles. The van der Waals surface area contributed by atoms with E-state index in [9.17, 15) is 113 Å². The van der Waals surface area contributed by atoms with Crippen LogP contribution in [0.3, 0.4) is 0 Å². The highest BCUT2D eigenvalue weighted by Gasteiger charge is 2.54. The van der Waals surface area contributed by atoms with Crippen molar-refractivity contribution in [3.63, 3.8) is 0 Å². The van der Waals surface area contributed by atoms with Crippen LogP contribution in [-0.4, -0.2) is 334 Å². The number of aliphatic carboxylic acids is 2. The molecule has 45 heteroatoms. The highest BCUT2D eigenvalue weighted by atomic mass is 33.1. The number of aryl methyl sites for hydroxylation is 1. The molecule has 1 aromatic carbocycles. The molecule has 16 N–H and O–H groups in total. The van der Waals surface area contributed by atoms with Gasteiger partial charge in [0.1, 0.15) is 86.4 Å². The molecule has 0 spiro atoms. The number of rotatable bonds is 45. The lowest BCUT2D eigenvalue weighted by Crippen LogP contribution is -2.61. The van der Waals surface area contributed by atoms with Crippen LogP contribution in [0.1, 0.15) is 180 Å². The van der Waals surface area contributed by atoms with Gasteiger partial charge in [-0.1, -0.05) is 139 Å². The van der Waals surface area contributed by atoms with E-state index >= 15 is 0 Å². The summed E-state index contributed by atoms with van der Waals surface area (Å²) in [6, 6.07) is 0.469. The lowest BCUT2D eigenvalue weighted by Gasteiger charge is -2.42. The molecule has 2 bridgehead atoms. The van der Waals surface area contributed by atoms with Gasteiger partial charge in [-0.15, -0.1) is 0 Å². The minimum atomic E-state index is -2.53. The SMILES string of the molecule is CO[C@H]1C[C@@H]2CC[C@@H](C)[C@@](O)(O2)C(=O)C(=O)N2CCCC[C@H]2C(=O)O[C@H]([C@H](C)C[C@@H]2CC[C@@H](OCCOC(=O)OCCSSCCC(=O)NC[C@H](NC(=O)[C@@H](C)CCC(=O)NC[C@H](O)[C@@H](O)[C@H](O)[C@H](O)CO)C(=O)N[C@@H](CSSCCOC(=O)NNC(=O)CC[C@H](NC(=O)c3ccc(C)cc3)C(=O)O)C(=O)O)[C@H](OC)C2)CC(=O)[C@H](C)/C=C(\C)[C@@H](O)[C@@H](OC)C(=O)[C@H](C)C[C@H](C)/C=C/C=CC=C1C. The number of carboxylic acids is 2. The zero-order chi connectivity index (χ0) is 102. The normalized spacial score (nSPS) is 26.1. The molecular formula is C93H142N8O33S4. The standard InChI is InChI=1S/C93H142N8O33S4/c1-52-21-26-62(27-22-52)85(115)96-64(88(118)119)29-32-77(108)99-100-91(123)130-37-40-137-138-51-66(89(120)121)98-86(116)65(97-84(114)55(4)23-31-75(106)95-49-69(104)80(111)81(112)70(105)50-102)48-94-76(107)33-39-135-136-41-38-132-92(124)131-36-35-129-71-30-25-61(45-74(71)127-11)44-57(6)73-47-68(103)56(5)43-59(8)79(110)82(128-12)78(109)58(7)42-53(2)18-14-13-15-19-54(3)72(126-10)46-63-28-24-60(9)93(125,134-63)83(113)87(117)101-34-17-16-20-67(101)90(122)133-73/h13-15,18-19,21-22,26-27,43,53,55-58,60-61,63-67,69-74,79-82,102,104-105,110-112,125H,16-17,20,23-25,28-42,44-51H2,1-12H3,(H,94,107)(H,95,106)(H,96,115)(H,97,114)(H,98,116)(H,99,108)(H,100,123)(H,118,119)(H,120,121)/b15-13?,18-14+,54-19?,59-43+/t53-,55+,56-,57-,58-,60-,61+,63+,64+,65+,66+,67+,69+,70-,71-,72+,73+,74-,79-,80-,81-,82+,93-/m1/s1. The number of piperidine rings is 1. The number of cyclic esters (lactones) is 1. The number of carbonyl (C=O) groups is 15. The zero-order valence-corrected chi connectivity index (χ0v) is 83.7. The minimum absolute atomic E-state index is 0.00221. The van der Waals surface area contributed by atoms with Gasteiger partial charge in [0.25, 0.3) is 17.6 Å². The molecule has 8 amide bonds. The largest absolute Gasteiger partial charge is 0.508 e. The second-order valence-corrected chi connectivity index (χ2v) is 40.6. The third-order valence-corrected chi connectivity index (χ3v) is 29.2. The number of aliphatic hydroxyl groups excluding tert-OH is 6. The second-order valence-electron chi connectivity index (χ2n) is 35.3. The monoisotopic (exact) mass is 2030 g/mol. The first kappa shape index (κ1) is 120. The highest BCUT2D eigenvalue weighted by molar-refractivity contribution is 8.77. The fraction of sp³-hybridized carbons (Fsp3) is 0.688. The molecule has 2 saturated heterocycles. The number of ether oxygens (including phenoxy) is 9. The predicted molar refractivity (Wildman–Crippen MR) is 510 cm³/mol. The number of carbonyl (C=O) groups excluding carboxylic acids is 13. The molecule has 41 nitrogen and oxygen atoms in total. The number of hydrogen-bond acceptors (Lipinski definition) is 35. The summed E-state index contributed by atoms with van der Waals surface area (Å²) in [5.41, 5.74) is 6.29. The quantitative estimate of drug-likeness (QED) is 0.00819. The lowest BCUT2D eigenvalue weighted by molar-refractivity contribution is -0.265. The van der Waals surface area contributed by atoms with E-state index in [-0.39, 0.29) is 130 Å². The maximum atomic E-state index is 14.8. The molecule has 23 atom stereocenters. The van der Waals surface area contributed by atoms with E-state index in [1.54, 1.807) is 53.0 Å². The van der Waals surface area contributed by atoms with Gasteiger partial charge >= 0.3 is 30.2 Å². The molecule has 3 heterocycles. The van der Waals surface area contributed by atoms with E-state index in [1.165, 1.54) is 54.9 Å². The van der Waals surface area contributed by atoms with Gasteiger partial charge in [0.2, 0.25) is 35.3 Å². The predicted octanol–water partition coefficient (Wildman–Crippen LogP) is 4.38. The Morgan fingerprint density at radius 2 is 1.28 bits per heavy atom. The van der Waals surface area contributed by atoms with Crippen LogP contribution in [0, 0.1) is 48.3 Å². The number of nitrogens with one attached hydrogen (secondary N) is 7. The minimum Gasteiger partial charge on any atom is -0.480 e. The smallest absolute Gasteiger partial charge is 0.480 e. The van der Waals surface area contributed by atoms with Crippen molar-refractivity contribution in [2.75, 3.05) is 97.0 Å². The first-order chi connectivity index (χ1) is 65.5. The number of methoxy groups -OCH3 is 3. The third kappa shape index (κ3) is 41.1. The Kier molecular flexibility index (Phi) is 54.4. The van der Waals surface area contributed by atoms with Crippen molar-refractivity contribution in [3.8, 4) is 0 Å². The van der Waals surface area contributed by atoms with Crippen molar-refractivity contribution in [1.82, 2.24) is 42.3 Å². The van der Waals surface area contributed by atoms with Crippen LogP contribution >= 0.6 is 43.2 Å². The molecule has 0 radical (unpaired) electrons. The first-order valence-electron chi connectivity index (χ1n) is 46.4. The van der Waals surface area contributed by atoms with Crippen LogP contribution < -0.4 is 37.4 Å². The van der Waals surface area contributed by atoms with Crippen LogP contribution in [0.4, 0.5) is 9.59 Å². The molecule has 1 saturated carbocycles. The van der Waals surface area contributed by atoms with Crippen molar-refractivity contribution < 1.29 is 161 Å². The zero-order valence-electron chi connectivity index (χ0n) is 80.4. The molecule has 0 unspecified atom stereocenters. The summed E-state index contributed by atoms with van der Waals surface area (Å²) in [7, 11) is 8.87. The number of aliphatic hydroxyl groups is 7. The van der Waals surface area contributed by atoms with E-state index < -0.39 is 230 Å². The molecule has 5 rings (SSSR count). The Labute approximate surface area is 820 Å². The van der Waals surface area contributed by atoms with Crippen LogP contribution in [0.25, 0.3) is 0 Å². The summed E-state index contributed by atoms with van der Waals surface area (Å²) in [5.74, 6) is -17.5. The number of allylic oxidation sites excluding steroid dienone is 6. The summed E-state index contributed by atoms with van der Waals surface area (Å²) in [6.07, 6.45) is -1.54. The Morgan fingerprint density at radius 3 is 1.95 bits per heavy atom. The van der Waals surface area contributed by atoms with Gasteiger partial charge in [-0.3, -0.25) is 53.4 Å². The fourth-order valence-electron chi connectivity index (χ4n) is 15.9. The third-order valence-electron chi connectivity index (χ3n) is 24.4. The van der Waals surface area contributed by atoms with Gasteiger partial charge in [0.15, 0.2) is 5.78 Å². The molecular weight excluding hydrogens is 1890 g/mol. The number of amides is 8. The Balaban J connectivity index is 1.12. The average Bonchev–Trinajstić information content (AvgIpc) is 0.770.